The largest absolute Gasteiger partial charge is 0.497 e. The zero-order valence-electron chi connectivity index (χ0n) is 18.7. The SMILES string of the molecule is COc1cccc(-c2nn(-c3ccc(C)cc3)cc2C(=O)N2CCCN(C(C)=O)CC2)c1. The lowest BCUT2D eigenvalue weighted by molar-refractivity contribution is -0.128. The maximum atomic E-state index is 13.6. The van der Waals surface area contributed by atoms with Gasteiger partial charge in [-0.3, -0.25) is 9.59 Å². The van der Waals surface area contributed by atoms with E-state index in [1.54, 1.807) is 29.8 Å². The van der Waals surface area contributed by atoms with Crippen molar-refractivity contribution in [2.75, 3.05) is 33.3 Å². The van der Waals surface area contributed by atoms with Crippen molar-refractivity contribution in [2.24, 2.45) is 0 Å². The van der Waals surface area contributed by atoms with E-state index >= 15 is 0 Å². The lowest BCUT2D eigenvalue weighted by Crippen LogP contribution is -2.36. The second-order valence-electron chi connectivity index (χ2n) is 8.06. The lowest BCUT2D eigenvalue weighted by Gasteiger charge is -2.21. The Morgan fingerprint density at radius 2 is 1.69 bits per heavy atom. The predicted molar refractivity (Wildman–Crippen MR) is 123 cm³/mol. The van der Waals surface area contributed by atoms with Gasteiger partial charge in [-0.15, -0.1) is 0 Å². The number of methoxy groups -OCH3 is 1. The number of hydrogen-bond donors (Lipinski definition) is 0. The molecule has 0 saturated carbocycles. The van der Waals surface area contributed by atoms with Crippen LogP contribution in [0.15, 0.2) is 54.7 Å². The van der Waals surface area contributed by atoms with Crippen LogP contribution in [-0.2, 0) is 4.79 Å². The minimum Gasteiger partial charge on any atom is -0.497 e. The molecule has 3 aromatic rings. The highest BCUT2D eigenvalue weighted by Gasteiger charge is 2.26. The Bertz CT molecular complexity index is 1120. The predicted octanol–water partition coefficient (Wildman–Crippen LogP) is 3.55. The summed E-state index contributed by atoms with van der Waals surface area (Å²) in [5, 5.41) is 4.79. The molecule has 32 heavy (non-hydrogen) atoms. The van der Waals surface area contributed by atoms with Crippen LogP contribution in [0.25, 0.3) is 16.9 Å². The van der Waals surface area contributed by atoms with Gasteiger partial charge in [-0.25, -0.2) is 4.68 Å². The van der Waals surface area contributed by atoms with Crippen LogP contribution < -0.4 is 4.74 Å². The van der Waals surface area contributed by atoms with Crippen LogP contribution in [0.5, 0.6) is 5.75 Å². The summed E-state index contributed by atoms with van der Waals surface area (Å²) < 4.78 is 7.13. The summed E-state index contributed by atoms with van der Waals surface area (Å²) in [5.74, 6) is 0.674. The number of aryl methyl sites for hydroxylation is 1. The fourth-order valence-electron chi connectivity index (χ4n) is 3.95. The summed E-state index contributed by atoms with van der Waals surface area (Å²) in [7, 11) is 1.62. The molecule has 1 fully saturated rings. The van der Waals surface area contributed by atoms with Crippen LogP contribution in [0.3, 0.4) is 0 Å². The van der Waals surface area contributed by atoms with Crippen molar-refractivity contribution in [2.45, 2.75) is 20.3 Å². The first-order chi connectivity index (χ1) is 15.5. The first-order valence-electron chi connectivity index (χ1n) is 10.8. The minimum absolute atomic E-state index is 0.0450. The fourth-order valence-corrected chi connectivity index (χ4v) is 3.95. The molecule has 1 aromatic heterocycles. The Kier molecular flexibility index (Phi) is 6.25. The van der Waals surface area contributed by atoms with E-state index in [0.29, 0.717) is 43.2 Å². The van der Waals surface area contributed by atoms with Gasteiger partial charge in [-0.2, -0.15) is 5.10 Å². The number of amides is 2. The summed E-state index contributed by atoms with van der Waals surface area (Å²) in [6, 6.07) is 15.6. The molecule has 4 rings (SSSR count). The number of nitrogens with zero attached hydrogens (tertiary/aromatic N) is 4. The van der Waals surface area contributed by atoms with E-state index in [4.69, 9.17) is 9.84 Å². The molecule has 1 aliphatic heterocycles. The third-order valence-electron chi connectivity index (χ3n) is 5.81. The van der Waals surface area contributed by atoms with Gasteiger partial charge in [0.05, 0.1) is 18.4 Å². The summed E-state index contributed by atoms with van der Waals surface area (Å²) in [6.45, 7) is 5.94. The fraction of sp³-hybridized carbons (Fsp3) is 0.320. The van der Waals surface area contributed by atoms with Gasteiger partial charge in [0.2, 0.25) is 5.91 Å². The van der Waals surface area contributed by atoms with E-state index < -0.39 is 0 Å². The van der Waals surface area contributed by atoms with E-state index in [1.807, 2.05) is 60.4 Å². The molecule has 2 amide bonds. The minimum atomic E-state index is -0.0772. The molecule has 0 radical (unpaired) electrons. The number of rotatable bonds is 4. The Hall–Kier alpha value is -3.61. The first kappa shape index (κ1) is 21.6. The van der Waals surface area contributed by atoms with Gasteiger partial charge in [0, 0.05) is 44.9 Å². The molecule has 1 aliphatic rings. The Morgan fingerprint density at radius 3 is 2.41 bits per heavy atom. The number of carbonyl (C=O) groups excluding carboxylic acids is 2. The first-order valence-corrected chi connectivity index (χ1v) is 10.8. The van der Waals surface area contributed by atoms with Crippen LogP contribution in [0.2, 0.25) is 0 Å². The van der Waals surface area contributed by atoms with Crippen molar-refractivity contribution in [1.82, 2.24) is 19.6 Å². The van der Waals surface area contributed by atoms with E-state index in [-0.39, 0.29) is 11.8 Å². The van der Waals surface area contributed by atoms with E-state index in [2.05, 4.69) is 0 Å². The van der Waals surface area contributed by atoms with Gasteiger partial charge < -0.3 is 14.5 Å². The van der Waals surface area contributed by atoms with Crippen molar-refractivity contribution in [3.8, 4) is 22.7 Å². The quantitative estimate of drug-likeness (QED) is 0.632. The number of carbonyl (C=O) groups is 2. The van der Waals surface area contributed by atoms with Crippen LogP contribution in [0.4, 0.5) is 0 Å². The molecular formula is C25H28N4O3. The highest BCUT2D eigenvalue weighted by molar-refractivity contribution is 6.00. The van der Waals surface area contributed by atoms with Crippen molar-refractivity contribution in [3.63, 3.8) is 0 Å². The van der Waals surface area contributed by atoms with Gasteiger partial charge in [-0.1, -0.05) is 29.8 Å². The standard InChI is InChI=1S/C25H28N4O3/c1-18-8-10-21(11-9-18)29-17-23(24(26-29)20-6-4-7-22(16-20)32-3)25(31)28-13-5-12-27(14-15-28)19(2)30/h4,6-11,16-17H,5,12-15H2,1-3H3. The summed E-state index contributed by atoms with van der Waals surface area (Å²) in [4.78, 5) is 29.0. The molecule has 2 heterocycles. The van der Waals surface area contributed by atoms with Crippen LogP contribution in [0.1, 0.15) is 29.3 Å². The highest BCUT2D eigenvalue weighted by Crippen LogP contribution is 2.28. The second kappa shape index (κ2) is 9.26. The van der Waals surface area contributed by atoms with Crippen molar-refractivity contribution in [1.29, 1.82) is 0 Å². The number of benzene rings is 2. The normalized spacial score (nSPS) is 14.2. The molecule has 166 valence electrons. The zero-order valence-corrected chi connectivity index (χ0v) is 18.7. The molecule has 0 unspecified atom stereocenters. The zero-order chi connectivity index (χ0) is 22.7. The van der Waals surface area contributed by atoms with Crippen molar-refractivity contribution >= 4 is 11.8 Å². The van der Waals surface area contributed by atoms with Gasteiger partial charge in [0.25, 0.3) is 5.91 Å². The molecular weight excluding hydrogens is 404 g/mol. The second-order valence-corrected chi connectivity index (χ2v) is 8.06. The third-order valence-corrected chi connectivity index (χ3v) is 5.81. The topological polar surface area (TPSA) is 67.7 Å². The maximum absolute atomic E-state index is 13.6. The van der Waals surface area contributed by atoms with E-state index in [1.165, 1.54) is 0 Å². The van der Waals surface area contributed by atoms with Gasteiger partial charge >= 0.3 is 0 Å². The average Bonchev–Trinajstić information content (AvgIpc) is 3.09. The maximum Gasteiger partial charge on any atom is 0.257 e. The molecule has 0 aliphatic carbocycles. The Balaban J connectivity index is 1.72. The summed E-state index contributed by atoms with van der Waals surface area (Å²) in [6.07, 6.45) is 2.56. The van der Waals surface area contributed by atoms with Crippen LogP contribution in [-0.4, -0.2) is 64.7 Å². The Morgan fingerprint density at radius 1 is 0.969 bits per heavy atom. The van der Waals surface area contributed by atoms with Gasteiger partial charge in [0.15, 0.2) is 0 Å². The van der Waals surface area contributed by atoms with Crippen molar-refractivity contribution < 1.29 is 14.3 Å². The molecule has 0 atom stereocenters. The highest BCUT2D eigenvalue weighted by atomic mass is 16.5. The molecule has 0 spiro atoms. The third kappa shape index (κ3) is 4.51. The molecule has 1 saturated heterocycles. The van der Waals surface area contributed by atoms with E-state index in [9.17, 15) is 9.59 Å². The lowest BCUT2D eigenvalue weighted by atomic mass is 10.1. The van der Waals surface area contributed by atoms with Crippen molar-refractivity contribution in [3.05, 3.63) is 65.9 Å². The van der Waals surface area contributed by atoms with Crippen LogP contribution >= 0.6 is 0 Å². The molecule has 0 N–H and O–H groups in total. The molecule has 0 bridgehead atoms. The number of ether oxygens (including phenoxy) is 1. The summed E-state index contributed by atoms with van der Waals surface area (Å²) in [5.41, 5.74) is 4.01. The summed E-state index contributed by atoms with van der Waals surface area (Å²) >= 11 is 0. The monoisotopic (exact) mass is 432 g/mol. The van der Waals surface area contributed by atoms with E-state index in [0.717, 1.165) is 23.2 Å². The van der Waals surface area contributed by atoms with Crippen LogP contribution in [0, 0.1) is 6.92 Å². The number of aromatic nitrogens is 2. The molecule has 2 aromatic carbocycles. The molecule has 7 nitrogen and oxygen atoms in total. The Labute approximate surface area is 188 Å². The molecule has 7 heteroatoms. The number of hydrogen-bond acceptors (Lipinski definition) is 4. The average molecular weight is 433 g/mol. The van der Waals surface area contributed by atoms with Gasteiger partial charge in [0.1, 0.15) is 11.4 Å². The smallest absolute Gasteiger partial charge is 0.257 e. The van der Waals surface area contributed by atoms with Gasteiger partial charge in [-0.05, 0) is 37.6 Å².